The zero-order valence-electron chi connectivity index (χ0n) is 12.4. The highest BCUT2D eigenvalue weighted by atomic mass is 16.5. The van der Waals surface area contributed by atoms with Crippen LogP contribution >= 0.6 is 0 Å². The van der Waals surface area contributed by atoms with E-state index in [4.69, 9.17) is 9.26 Å². The Morgan fingerprint density at radius 2 is 2.18 bits per heavy atom. The van der Waals surface area contributed by atoms with Crippen LogP contribution in [-0.2, 0) is 11.2 Å². The Morgan fingerprint density at radius 1 is 1.41 bits per heavy atom. The van der Waals surface area contributed by atoms with Crippen LogP contribution in [0.1, 0.15) is 41.9 Å². The van der Waals surface area contributed by atoms with E-state index in [1.54, 1.807) is 24.3 Å². The van der Waals surface area contributed by atoms with Crippen molar-refractivity contribution in [2.45, 2.75) is 37.7 Å². The molecule has 1 saturated carbocycles. The number of ether oxygens (including phenoxy) is 1. The molecule has 0 unspecified atom stereocenters. The van der Waals surface area contributed by atoms with E-state index in [0.29, 0.717) is 29.3 Å². The summed E-state index contributed by atoms with van der Waals surface area (Å²) in [5, 5.41) is 14.3. The maximum atomic E-state index is 11.6. The Balaban J connectivity index is 1.80. The van der Waals surface area contributed by atoms with Gasteiger partial charge in [-0.2, -0.15) is 4.98 Å². The summed E-state index contributed by atoms with van der Waals surface area (Å²) >= 11 is 0. The summed E-state index contributed by atoms with van der Waals surface area (Å²) in [5.41, 5.74) is 0.384. The molecular weight excluding hydrogens is 284 g/mol. The molecule has 0 amide bonds. The van der Waals surface area contributed by atoms with Crippen LogP contribution in [0.25, 0.3) is 11.4 Å². The molecule has 0 radical (unpaired) electrons. The minimum Gasteiger partial charge on any atom is -0.465 e. The molecule has 0 bridgehead atoms. The molecule has 6 heteroatoms. The molecule has 2 aromatic rings. The highest BCUT2D eigenvalue weighted by molar-refractivity contribution is 5.90. The van der Waals surface area contributed by atoms with Crippen molar-refractivity contribution in [3.05, 3.63) is 35.7 Å². The van der Waals surface area contributed by atoms with Crippen molar-refractivity contribution in [1.82, 2.24) is 10.1 Å². The van der Waals surface area contributed by atoms with Crippen LogP contribution in [0.3, 0.4) is 0 Å². The number of hydrogen-bond donors (Lipinski definition) is 1. The van der Waals surface area contributed by atoms with Gasteiger partial charge in [0.25, 0.3) is 0 Å². The minimum absolute atomic E-state index is 0.372. The van der Waals surface area contributed by atoms with Crippen molar-refractivity contribution < 1.29 is 19.2 Å². The first kappa shape index (κ1) is 14.7. The molecule has 116 valence electrons. The monoisotopic (exact) mass is 302 g/mol. The summed E-state index contributed by atoms with van der Waals surface area (Å²) in [5.74, 6) is 0.413. The van der Waals surface area contributed by atoms with Gasteiger partial charge in [0.15, 0.2) is 0 Å². The number of carbonyl (C=O) groups excluding carboxylic acids is 1. The summed E-state index contributed by atoms with van der Waals surface area (Å²) in [4.78, 5) is 15.9. The Hall–Kier alpha value is -2.21. The molecule has 1 aromatic carbocycles. The van der Waals surface area contributed by atoms with Crippen LogP contribution < -0.4 is 0 Å². The fraction of sp³-hybridized carbons (Fsp3) is 0.438. The largest absolute Gasteiger partial charge is 0.465 e. The lowest BCUT2D eigenvalue weighted by Crippen LogP contribution is -2.27. The van der Waals surface area contributed by atoms with Gasteiger partial charge in [0.1, 0.15) is 0 Å². The van der Waals surface area contributed by atoms with Gasteiger partial charge in [-0.05, 0) is 25.0 Å². The molecule has 3 rings (SSSR count). The summed E-state index contributed by atoms with van der Waals surface area (Å²) in [6, 6.07) is 6.86. The van der Waals surface area contributed by atoms with Gasteiger partial charge >= 0.3 is 5.97 Å². The van der Waals surface area contributed by atoms with E-state index in [2.05, 4.69) is 10.1 Å². The summed E-state index contributed by atoms with van der Waals surface area (Å²) < 4.78 is 9.93. The van der Waals surface area contributed by atoms with Crippen LogP contribution in [0.4, 0.5) is 0 Å². The summed E-state index contributed by atoms with van der Waals surface area (Å²) in [7, 11) is 1.34. The quantitative estimate of drug-likeness (QED) is 0.873. The molecule has 1 fully saturated rings. The number of nitrogens with zero attached hydrogens (tertiary/aromatic N) is 2. The van der Waals surface area contributed by atoms with Gasteiger partial charge in [0.05, 0.1) is 24.7 Å². The van der Waals surface area contributed by atoms with E-state index in [1.807, 2.05) is 0 Å². The molecule has 0 saturated heterocycles. The fourth-order valence-electron chi connectivity index (χ4n) is 2.84. The van der Waals surface area contributed by atoms with Crippen molar-refractivity contribution in [1.29, 1.82) is 0 Å². The number of aliphatic hydroxyl groups is 1. The number of hydrogen-bond acceptors (Lipinski definition) is 6. The van der Waals surface area contributed by atoms with Gasteiger partial charge in [-0.25, -0.2) is 4.79 Å². The van der Waals surface area contributed by atoms with Crippen LogP contribution in [0.15, 0.2) is 28.8 Å². The van der Waals surface area contributed by atoms with E-state index in [9.17, 15) is 9.90 Å². The molecule has 1 aliphatic rings. The lowest BCUT2D eigenvalue weighted by molar-refractivity contribution is 0.0402. The lowest BCUT2D eigenvalue weighted by atomic mass is 9.98. The predicted molar refractivity (Wildman–Crippen MR) is 78.2 cm³/mol. The number of esters is 1. The van der Waals surface area contributed by atoms with Crippen LogP contribution in [0.2, 0.25) is 0 Å². The van der Waals surface area contributed by atoms with Crippen molar-refractivity contribution in [2.75, 3.05) is 7.11 Å². The van der Waals surface area contributed by atoms with Crippen LogP contribution in [-0.4, -0.2) is 33.9 Å². The fourth-order valence-corrected chi connectivity index (χ4v) is 2.84. The SMILES string of the molecule is COC(=O)c1cccc(-c2noc(CC3(O)CCCC3)n2)c1. The van der Waals surface area contributed by atoms with E-state index < -0.39 is 11.6 Å². The molecule has 0 aliphatic heterocycles. The highest BCUT2D eigenvalue weighted by Crippen LogP contribution is 2.32. The number of rotatable bonds is 4. The standard InChI is InChI=1S/C16H18N2O4/c1-21-15(19)12-6-4-5-11(9-12)14-17-13(22-18-14)10-16(20)7-2-3-8-16/h4-6,9,20H,2-3,7-8,10H2,1H3. The molecule has 0 spiro atoms. The van der Waals surface area contributed by atoms with E-state index >= 15 is 0 Å². The minimum atomic E-state index is -0.725. The molecule has 0 atom stereocenters. The van der Waals surface area contributed by atoms with Gasteiger partial charge in [-0.15, -0.1) is 0 Å². The van der Waals surface area contributed by atoms with Crippen molar-refractivity contribution >= 4 is 5.97 Å². The third-order valence-corrected chi connectivity index (χ3v) is 4.02. The van der Waals surface area contributed by atoms with E-state index in [-0.39, 0.29) is 0 Å². The maximum Gasteiger partial charge on any atom is 0.337 e. The Morgan fingerprint density at radius 3 is 2.91 bits per heavy atom. The topological polar surface area (TPSA) is 85.5 Å². The number of aromatic nitrogens is 2. The second-order valence-corrected chi connectivity index (χ2v) is 5.69. The Bertz CT molecular complexity index is 674. The first-order chi connectivity index (χ1) is 10.6. The molecular formula is C16H18N2O4. The third-order valence-electron chi connectivity index (χ3n) is 4.02. The second-order valence-electron chi connectivity index (χ2n) is 5.69. The van der Waals surface area contributed by atoms with E-state index in [0.717, 1.165) is 25.7 Å². The lowest BCUT2D eigenvalue weighted by Gasteiger charge is -2.18. The normalized spacial score (nSPS) is 16.6. The van der Waals surface area contributed by atoms with Gasteiger partial charge in [-0.3, -0.25) is 0 Å². The van der Waals surface area contributed by atoms with Gasteiger partial charge in [0, 0.05) is 5.56 Å². The molecule has 1 aliphatic carbocycles. The Kier molecular flexibility index (Phi) is 3.94. The zero-order chi connectivity index (χ0) is 15.6. The molecule has 1 N–H and O–H groups in total. The first-order valence-corrected chi connectivity index (χ1v) is 7.33. The van der Waals surface area contributed by atoms with Gasteiger partial charge < -0.3 is 14.4 Å². The summed E-state index contributed by atoms with van der Waals surface area (Å²) in [6.07, 6.45) is 3.96. The van der Waals surface area contributed by atoms with Crippen LogP contribution in [0.5, 0.6) is 0 Å². The smallest absolute Gasteiger partial charge is 0.337 e. The van der Waals surface area contributed by atoms with Crippen molar-refractivity contribution in [3.8, 4) is 11.4 Å². The predicted octanol–water partition coefficient (Wildman–Crippen LogP) is 2.37. The van der Waals surface area contributed by atoms with Crippen LogP contribution in [0, 0.1) is 0 Å². The second kappa shape index (κ2) is 5.88. The zero-order valence-corrected chi connectivity index (χ0v) is 12.4. The highest BCUT2D eigenvalue weighted by Gasteiger charge is 2.33. The number of benzene rings is 1. The van der Waals surface area contributed by atoms with Gasteiger partial charge in [-0.1, -0.05) is 30.1 Å². The average molecular weight is 302 g/mol. The number of carbonyl (C=O) groups is 1. The average Bonchev–Trinajstić information content (AvgIpc) is 3.16. The molecule has 1 heterocycles. The summed E-state index contributed by atoms with van der Waals surface area (Å²) in [6.45, 7) is 0. The Labute approximate surface area is 128 Å². The van der Waals surface area contributed by atoms with Crippen molar-refractivity contribution in [2.24, 2.45) is 0 Å². The van der Waals surface area contributed by atoms with E-state index in [1.165, 1.54) is 7.11 Å². The first-order valence-electron chi connectivity index (χ1n) is 7.33. The number of methoxy groups -OCH3 is 1. The third kappa shape index (κ3) is 3.01. The van der Waals surface area contributed by atoms with Gasteiger partial charge in [0.2, 0.25) is 11.7 Å². The maximum absolute atomic E-state index is 11.6. The molecule has 22 heavy (non-hydrogen) atoms. The molecule has 6 nitrogen and oxygen atoms in total. The molecule has 1 aromatic heterocycles. The van der Waals surface area contributed by atoms with Crippen molar-refractivity contribution in [3.63, 3.8) is 0 Å².